The first-order valence-electron chi connectivity index (χ1n) is 8.47. The maximum absolute atomic E-state index is 12.1. The van der Waals surface area contributed by atoms with E-state index in [2.05, 4.69) is 32.9 Å². The molecule has 2 nitrogen and oxygen atoms in total. The molecule has 0 aromatic heterocycles. The lowest BCUT2D eigenvalue weighted by atomic mass is 9.88. The van der Waals surface area contributed by atoms with Crippen molar-refractivity contribution in [3.63, 3.8) is 0 Å². The molecule has 0 radical (unpaired) electrons. The number of hydrogen-bond donors (Lipinski definition) is 1. The van der Waals surface area contributed by atoms with Crippen LogP contribution in [0.3, 0.4) is 0 Å². The molecule has 1 N–H and O–H groups in total. The third kappa shape index (κ3) is 7.22. The van der Waals surface area contributed by atoms with Crippen molar-refractivity contribution in [2.75, 3.05) is 0 Å². The molecule has 0 aliphatic heterocycles. The topological polar surface area (TPSA) is 37.3 Å². The molecule has 0 spiro atoms. The van der Waals surface area contributed by atoms with E-state index in [9.17, 15) is 9.90 Å². The summed E-state index contributed by atoms with van der Waals surface area (Å²) in [6.07, 6.45) is 11.5. The second-order valence-corrected chi connectivity index (χ2v) is 7.42. The van der Waals surface area contributed by atoms with E-state index in [0.29, 0.717) is 12.3 Å². The molecule has 0 amide bonds. The van der Waals surface area contributed by atoms with Gasteiger partial charge in [0.25, 0.3) is 0 Å². The zero-order valence-corrected chi connectivity index (χ0v) is 14.9. The van der Waals surface area contributed by atoms with Gasteiger partial charge in [0.1, 0.15) is 0 Å². The van der Waals surface area contributed by atoms with E-state index in [4.69, 9.17) is 0 Å². The van der Waals surface area contributed by atoms with Crippen molar-refractivity contribution in [1.82, 2.24) is 0 Å². The van der Waals surface area contributed by atoms with E-state index in [1.807, 2.05) is 19.9 Å². The Labute approximate surface area is 136 Å². The van der Waals surface area contributed by atoms with Crippen molar-refractivity contribution in [1.29, 1.82) is 0 Å². The third-order valence-corrected chi connectivity index (χ3v) is 4.36. The Morgan fingerprint density at radius 1 is 1.09 bits per heavy atom. The third-order valence-electron chi connectivity index (χ3n) is 4.36. The molecule has 0 bridgehead atoms. The molecule has 1 aliphatic rings. The quantitative estimate of drug-likeness (QED) is 0.728. The van der Waals surface area contributed by atoms with Crippen LogP contribution < -0.4 is 0 Å². The van der Waals surface area contributed by atoms with Crippen LogP contribution in [-0.4, -0.2) is 16.5 Å². The summed E-state index contributed by atoms with van der Waals surface area (Å²) >= 11 is 0. The minimum Gasteiger partial charge on any atom is -0.386 e. The Balaban J connectivity index is 2.96. The average molecular weight is 304 g/mol. The molecule has 2 heteroatoms. The predicted molar refractivity (Wildman–Crippen MR) is 93.8 cm³/mol. The molecule has 0 heterocycles. The lowest BCUT2D eigenvalue weighted by Gasteiger charge is -2.23. The zero-order chi connectivity index (χ0) is 16.8. The van der Waals surface area contributed by atoms with Crippen LogP contribution in [0.5, 0.6) is 0 Å². The van der Waals surface area contributed by atoms with Gasteiger partial charge in [0.15, 0.2) is 5.78 Å². The first-order chi connectivity index (χ1) is 10.2. The summed E-state index contributed by atoms with van der Waals surface area (Å²) in [4.78, 5) is 12.1. The summed E-state index contributed by atoms with van der Waals surface area (Å²) < 4.78 is 0. The van der Waals surface area contributed by atoms with Crippen molar-refractivity contribution in [2.24, 2.45) is 5.92 Å². The molecule has 1 unspecified atom stereocenters. The van der Waals surface area contributed by atoms with Crippen LogP contribution in [0.1, 0.15) is 73.1 Å². The lowest BCUT2D eigenvalue weighted by molar-refractivity contribution is -0.115. The van der Waals surface area contributed by atoms with E-state index >= 15 is 0 Å². The van der Waals surface area contributed by atoms with Gasteiger partial charge in [0, 0.05) is 6.42 Å². The highest BCUT2D eigenvalue weighted by atomic mass is 16.3. The van der Waals surface area contributed by atoms with E-state index < -0.39 is 5.60 Å². The number of allylic oxidation sites excluding steroid dienone is 5. The van der Waals surface area contributed by atoms with Crippen LogP contribution in [0, 0.1) is 5.92 Å². The highest BCUT2D eigenvalue weighted by molar-refractivity contribution is 5.90. The van der Waals surface area contributed by atoms with Gasteiger partial charge in [0.2, 0.25) is 0 Å². The summed E-state index contributed by atoms with van der Waals surface area (Å²) in [5, 5.41) is 10.3. The van der Waals surface area contributed by atoms with Gasteiger partial charge in [-0.1, -0.05) is 30.2 Å². The smallest absolute Gasteiger partial charge is 0.155 e. The molecule has 124 valence electrons. The Bertz CT molecular complexity index is 472. The minimum absolute atomic E-state index is 0.239. The van der Waals surface area contributed by atoms with Crippen molar-refractivity contribution in [3.8, 4) is 0 Å². The van der Waals surface area contributed by atoms with Gasteiger partial charge in [-0.3, -0.25) is 4.79 Å². The Morgan fingerprint density at radius 3 is 2.36 bits per heavy atom. The fourth-order valence-electron chi connectivity index (χ4n) is 2.82. The van der Waals surface area contributed by atoms with Crippen molar-refractivity contribution < 1.29 is 9.90 Å². The Morgan fingerprint density at radius 2 is 1.73 bits per heavy atom. The molecular weight excluding hydrogens is 272 g/mol. The van der Waals surface area contributed by atoms with Gasteiger partial charge in [-0.05, 0) is 77.4 Å². The number of rotatable bonds is 1. The van der Waals surface area contributed by atoms with Crippen LogP contribution in [-0.2, 0) is 4.79 Å². The molecule has 0 saturated carbocycles. The van der Waals surface area contributed by atoms with Gasteiger partial charge in [-0.2, -0.15) is 0 Å². The largest absolute Gasteiger partial charge is 0.386 e. The highest BCUT2D eigenvalue weighted by Gasteiger charge is 2.20. The molecule has 1 aliphatic carbocycles. The van der Waals surface area contributed by atoms with Crippen molar-refractivity contribution in [2.45, 2.75) is 78.7 Å². The molecule has 0 saturated heterocycles. The maximum atomic E-state index is 12.1. The maximum Gasteiger partial charge on any atom is 0.155 e. The van der Waals surface area contributed by atoms with E-state index in [-0.39, 0.29) is 5.78 Å². The highest BCUT2D eigenvalue weighted by Crippen LogP contribution is 2.25. The van der Waals surface area contributed by atoms with Crippen LogP contribution >= 0.6 is 0 Å². The second-order valence-electron chi connectivity index (χ2n) is 7.42. The van der Waals surface area contributed by atoms with Crippen LogP contribution in [0.4, 0.5) is 0 Å². The lowest BCUT2D eigenvalue weighted by Crippen LogP contribution is -2.22. The monoisotopic (exact) mass is 304 g/mol. The fourth-order valence-corrected chi connectivity index (χ4v) is 2.82. The van der Waals surface area contributed by atoms with E-state index in [1.165, 1.54) is 11.1 Å². The molecular formula is C20H32O2. The first kappa shape index (κ1) is 18.9. The molecule has 1 rings (SSSR count). The molecule has 0 aromatic carbocycles. The second kappa shape index (κ2) is 8.47. The number of carbonyl (C=O) groups excluding carboxylic acids is 1. The van der Waals surface area contributed by atoms with Crippen LogP contribution in [0.15, 0.2) is 34.9 Å². The first-order valence-corrected chi connectivity index (χ1v) is 8.47. The standard InChI is InChI=1S/C20H32O2/c1-15-7-6-8-16(2)13-19(21)14-17(3)10-12-18(11-9-15)20(4,5)22/h9,11,13,17,22H,6-8,10,12,14H2,1-5H3/b15-9+,16-13-,18-11+. The fraction of sp³-hybridized carbons (Fsp3) is 0.650. The summed E-state index contributed by atoms with van der Waals surface area (Å²) in [5.41, 5.74) is 2.77. The number of ketones is 1. The number of hydrogen-bond acceptors (Lipinski definition) is 2. The van der Waals surface area contributed by atoms with Gasteiger partial charge in [-0.15, -0.1) is 0 Å². The van der Waals surface area contributed by atoms with Gasteiger partial charge in [0.05, 0.1) is 5.60 Å². The normalized spacial score (nSPS) is 30.4. The summed E-state index contributed by atoms with van der Waals surface area (Å²) in [6, 6.07) is 0. The summed E-state index contributed by atoms with van der Waals surface area (Å²) in [7, 11) is 0. The summed E-state index contributed by atoms with van der Waals surface area (Å²) in [6.45, 7) is 9.99. The molecule has 0 fully saturated rings. The van der Waals surface area contributed by atoms with Gasteiger partial charge >= 0.3 is 0 Å². The predicted octanol–water partition coefficient (Wildman–Crippen LogP) is 5.14. The van der Waals surface area contributed by atoms with E-state index in [0.717, 1.165) is 37.7 Å². The van der Waals surface area contributed by atoms with Crippen molar-refractivity contribution >= 4 is 5.78 Å². The Hall–Kier alpha value is -1.15. The van der Waals surface area contributed by atoms with Gasteiger partial charge < -0.3 is 5.11 Å². The molecule has 0 aromatic rings. The average Bonchev–Trinajstić information content (AvgIpc) is 2.35. The van der Waals surface area contributed by atoms with Crippen LogP contribution in [0.2, 0.25) is 0 Å². The zero-order valence-electron chi connectivity index (χ0n) is 14.9. The number of carbonyl (C=O) groups is 1. The van der Waals surface area contributed by atoms with Gasteiger partial charge in [-0.25, -0.2) is 0 Å². The molecule has 22 heavy (non-hydrogen) atoms. The SMILES string of the molecule is C/C1=C/C(=O)CC(C)CC/C(C(C)(C)O)=C\C=C(/C)CCC1. The minimum atomic E-state index is -0.798. The Kier molecular flexibility index (Phi) is 7.28. The van der Waals surface area contributed by atoms with Crippen LogP contribution in [0.25, 0.3) is 0 Å². The number of aliphatic hydroxyl groups is 1. The summed E-state index contributed by atoms with van der Waals surface area (Å²) in [5.74, 6) is 0.582. The van der Waals surface area contributed by atoms with E-state index in [1.54, 1.807) is 0 Å². The van der Waals surface area contributed by atoms with Crippen molar-refractivity contribution in [3.05, 3.63) is 34.9 Å². The molecule has 1 atom stereocenters.